The number of carbonyl (C=O) groups excluding carboxylic acids is 1. The molecule has 1 atom stereocenters. The summed E-state index contributed by atoms with van der Waals surface area (Å²) in [5.41, 5.74) is -0.819. The molecule has 0 spiro atoms. The molecule has 2 aromatic rings. The first-order valence-electron chi connectivity index (χ1n) is 8.87. The highest BCUT2D eigenvalue weighted by Gasteiger charge is 2.30. The fourth-order valence-electron chi connectivity index (χ4n) is 2.89. The van der Waals surface area contributed by atoms with Gasteiger partial charge < -0.3 is 14.8 Å². The summed E-state index contributed by atoms with van der Waals surface area (Å²) < 4.78 is 76.0. The van der Waals surface area contributed by atoms with E-state index in [9.17, 15) is 26.4 Å². The van der Waals surface area contributed by atoms with Crippen LogP contribution in [0.1, 0.15) is 22.3 Å². The Bertz CT molecular complexity index is 1020. The smallest absolute Gasteiger partial charge is 0.416 e. The minimum atomic E-state index is -4.49. The van der Waals surface area contributed by atoms with Gasteiger partial charge in [0.25, 0.3) is 5.91 Å². The Labute approximate surface area is 171 Å². The molecule has 0 bridgehead atoms. The summed E-state index contributed by atoms with van der Waals surface area (Å²) in [6.45, 7) is 0.716. The molecular weight excluding hydrogens is 425 g/mol. The van der Waals surface area contributed by atoms with E-state index in [-0.39, 0.29) is 34.5 Å². The summed E-state index contributed by atoms with van der Waals surface area (Å²) in [4.78, 5) is 12.5. The molecule has 7 nitrogen and oxygen atoms in total. The second-order valence-corrected chi connectivity index (χ2v) is 8.29. The third-order valence-electron chi connectivity index (χ3n) is 4.45. The molecule has 1 saturated heterocycles. The first-order chi connectivity index (χ1) is 14.1. The molecule has 162 valence electrons. The number of benzene rings is 2. The van der Waals surface area contributed by atoms with Crippen molar-refractivity contribution in [2.24, 2.45) is 0 Å². The van der Waals surface area contributed by atoms with Crippen molar-refractivity contribution in [3.8, 4) is 5.75 Å². The maximum Gasteiger partial charge on any atom is 0.416 e. The van der Waals surface area contributed by atoms with Gasteiger partial charge in [0.1, 0.15) is 5.75 Å². The number of alkyl halides is 3. The summed E-state index contributed by atoms with van der Waals surface area (Å²) >= 11 is 0. The number of anilines is 1. The molecule has 1 amide bonds. The standard InChI is InChI=1S/C19H19F3N2O5S/c1-28-17-7-6-15(30(26,27)24-14-8-9-29-11-14)10-16(17)18(25)23-13-4-2-12(3-5-13)19(20,21)22/h2-7,10,14,24H,8-9,11H2,1H3,(H,23,25)/t14-/m0/s1. The molecule has 0 saturated carbocycles. The SMILES string of the molecule is COc1ccc(S(=O)(=O)N[C@H]2CCOC2)cc1C(=O)Nc1ccc(C(F)(F)F)cc1. The average molecular weight is 444 g/mol. The van der Waals surface area contributed by atoms with Crippen molar-refractivity contribution in [3.63, 3.8) is 0 Å². The van der Waals surface area contributed by atoms with Gasteiger partial charge in [0, 0.05) is 18.3 Å². The largest absolute Gasteiger partial charge is 0.496 e. The van der Waals surface area contributed by atoms with E-state index in [2.05, 4.69) is 10.0 Å². The Morgan fingerprint density at radius 2 is 1.87 bits per heavy atom. The molecule has 1 heterocycles. The van der Waals surface area contributed by atoms with Crippen LogP contribution in [0.5, 0.6) is 5.75 Å². The second-order valence-electron chi connectivity index (χ2n) is 6.57. The third kappa shape index (κ3) is 5.10. The summed E-state index contributed by atoms with van der Waals surface area (Å²) in [5.74, 6) is -0.615. The minimum absolute atomic E-state index is 0.0806. The highest BCUT2D eigenvalue weighted by Crippen LogP contribution is 2.30. The van der Waals surface area contributed by atoms with Crippen LogP contribution in [0, 0.1) is 0 Å². The first kappa shape index (κ1) is 22.1. The van der Waals surface area contributed by atoms with E-state index < -0.39 is 27.7 Å². The molecule has 0 unspecified atom stereocenters. The van der Waals surface area contributed by atoms with Crippen LogP contribution in [-0.4, -0.2) is 40.7 Å². The Morgan fingerprint density at radius 3 is 2.43 bits per heavy atom. The number of amides is 1. The topological polar surface area (TPSA) is 93.7 Å². The van der Waals surface area contributed by atoms with Crippen LogP contribution in [0.4, 0.5) is 18.9 Å². The van der Waals surface area contributed by atoms with E-state index in [4.69, 9.17) is 9.47 Å². The van der Waals surface area contributed by atoms with E-state index in [1.54, 1.807) is 0 Å². The monoisotopic (exact) mass is 444 g/mol. The van der Waals surface area contributed by atoms with E-state index in [1.807, 2.05) is 0 Å². The van der Waals surface area contributed by atoms with Crippen molar-refractivity contribution in [1.82, 2.24) is 4.72 Å². The summed E-state index contributed by atoms with van der Waals surface area (Å²) in [6, 6.07) is 7.30. The Hall–Kier alpha value is -2.63. The van der Waals surface area contributed by atoms with E-state index in [1.165, 1.54) is 19.2 Å². The zero-order valence-corrected chi connectivity index (χ0v) is 16.6. The van der Waals surface area contributed by atoms with Crippen molar-refractivity contribution in [1.29, 1.82) is 0 Å². The lowest BCUT2D eigenvalue weighted by Crippen LogP contribution is -2.35. The Balaban J connectivity index is 1.83. The van der Waals surface area contributed by atoms with Crippen molar-refractivity contribution in [3.05, 3.63) is 53.6 Å². The predicted octanol–water partition coefficient (Wildman–Crippen LogP) is 3.03. The lowest BCUT2D eigenvalue weighted by atomic mass is 10.1. The molecule has 0 aliphatic carbocycles. The van der Waals surface area contributed by atoms with Crippen LogP contribution in [-0.2, 0) is 20.9 Å². The predicted molar refractivity (Wildman–Crippen MR) is 102 cm³/mol. The molecule has 1 aliphatic rings. The molecule has 3 rings (SSSR count). The van der Waals surface area contributed by atoms with Crippen LogP contribution < -0.4 is 14.8 Å². The molecule has 2 N–H and O–H groups in total. The molecule has 1 aliphatic heterocycles. The molecule has 0 radical (unpaired) electrons. The molecule has 1 fully saturated rings. The van der Waals surface area contributed by atoms with Crippen molar-refractivity contribution < 1.29 is 35.9 Å². The quantitative estimate of drug-likeness (QED) is 0.715. The highest BCUT2D eigenvalue weighted by molar-refractivity contribution is 7.89. The van der Waals surface area contributed by atoms with Gasteiger partial charge in [-0.05, 0) is 48.9 Å². The van der Waals surface area contributed by atoms with Gasteiger partial charge in [-0.3, -0.25) is 4.79 Å². The molecule has 30 heavy (non-hydrogen) atoms. The van der Waals surface area contributed by atoms with Gasteiger partial charge >= 0.3 is 6.18 Å². The number of rotatable bonds is 6. The van der Waals surface area contributed by atoms with Gasteiger partial charge in [-0.1, -0.05) is 0 Å². The lowest BCUT2D eigenvalue weighted by molar-refractivity contribution is -0.137. The number of carbonyl (C=O) groups is 1. The number of methoxy groups -OCH3 is 1. The number of hydrogen-bond donors (Lipinski definition) is 2. The first-order valence-corrected chi connectivity index (χ1v) is 10.4. The van der Waals surface area contributed by atoms with Gasteiger partial charge in [0.15, 0.2) is 0 Å². The maximum absolute atomic E-state index is 12.7. The van der Waals surface area contributed by atoms with E-state index >= 15 is 0 Å². The third-order valence-corrected chi connectivity index (χ3v) is 5.97. The normalized spacial score (nSPS) is 17.0. The number of sulfonamides is 1. The molecular formula is C19H19F3N2O5S. The van der Waals surface area contributed by atoms with Crippen LogP contribution in [0.15, 0.2) is 47.4 Å². The molecule has 2 aromatic carbocycles. The molecule has 0 aromatic heterocycles. The average Bonchev–Trinajstić information content (AvgIpc) is 3.19. The Morgan fingerprint density at radius 1 is 1.17 bits per heavy atom. The van der Waals surface area contributed by atoms with Crippen molar-refractivity contribution >= 4 is 21.6 Å². The lowest BCUT2D eigenvalue weighted by Gasteiger charge is -2.14. The van der Waals surface area contributed by atoms with Gasteiger partial charge in [-0.2, -0.15) is 13.2 Å². The zero-order valence-electron chi connectivity index (χ0n) is 15.8. The van der Waals surface area contributed by atoms with Gasteiger partial charge in [-0.15, -0.1) is 0 Å². The fourth-order valence-corrected chi connectivity index (χ4v) is 4.17. The van der Waals surface area contributed by atoms with Crippen molar-refractivity contribution in [2.75, 3.05) is 25.6 Å². The summed E-state index contributed by atoms with van der Waals surface area (Å²) in [7, 11) is -2.60. The summed E-state index contributed by atoms with van der Waals surface area (Å²) in [6.07, 6.45) is -3.96. The van der Waals surface area contributed by atoms with E-state index in [0.29, 0.717) is 13.0 Å². The Kier molecular flexibility index (Phi) is 6.34. The van der Waals surface area contributed by atoms with Crippen LogP contribution >= 0.6 is 0 Å². The summed E-state index contributed by atoms with van der Waals surface area (Å²) in [5, 5.41) is 2.44. The second kappa shape index (κ2) is 8.62. The van der Waals surface area contributed by atoms with Crippen LogP contribution in [0.25, 0.3) is 0 Å². The zero-order chi connectivity index (χ0) is 21.9. The number of halogens is 3. The number of nitrogens with one attached hydrogen (secondary N) is 2. The van der Waals surface area contributed by atoms with Gasteiger partial charge in [-0.25, -0.2) is 13.1 Å². The van der Waals surface area contributed by atoms with Gasteiger partial charge in [0.2, 0.25) is 10.0 Å². The number of hydrogen-bond acceptors (Lipinski definition) is 5. The van der Waals surface area contributed by atoms with Crippen molar-refractivity contribution in [2.45, 2.75) is 23.5 Å². The van der Waals surface area contributed by atoms with E-state index in [0.717, 1.165) is 30.3 Å². The minimum Gasteiger partial charge on any atom is -0.496 e. The maximum atomic E-state index is 12.7. The molecule has 11 heteroatoms. The highest BCUT2D eigenvalue weighted by atomic mass is 32.2. The van der Waals surface area contributed by atoms with Crippen LogP contribution in [0.2, 0.25) is 0 Å². The van der Waals surface area contributed by atoms with Crippen LogP contribution in [0.3, 0.4) is 0 Å². The fraction of sp³-hybridized carbons (Fsp3) is 0.316. The number of ether oxygens (including phenoxy) is 2. The van der Waals surface area contributed by atoms with Gasteiger partial charge in [0.05, 0.1) is 29.7 Å².